The zero-order valence-electron chi connectivity index (χ0n) is 14.5. The fraction of sp³-hybridized carbons (Fsp3) is 0.250. The lowest BCUT2D eigenvalue weighted by Gasteiger charge is -2.18. The van der Waals surface area contributed by atoms with Gasteiger partial charge in [-0.3, -0.25) is 4.79 Å². The van der Waals surface area contributed by atoms with Gasteiger partial charge in [-0.2, -0.15) is 0 Å². The van der Waals surface area contributed by atoms with E-state index in [2.05, 4.69) is 15.6 Å². The number of hydrogen-bond donors (Lipinski definition) is 3. The summed E-state index contributed by atoms with van der Waals surface area (Å²) in [4.78, 5) is 15.8. The summed E-state index contributed by atoms with van der Waals surface area (Å²) in [5, 5.41) is 7.44. The summed E-state index contributed by atoms with van der Waals surface area (Å²) in [6.45, 7) is 2.49. The standard InChI is InChI=1S/C20H23N3O2/c1-3-18(23-15-7-5-8-16(12-15)25-2)20(24)22-13-14-6-4-9-19-17(14)10-11-21-19/h4-12,18,21,23H,3,13H2,1-2H3,(H,22,24). The van der Waals surface area contributed by atoms with E-state index in [1.165, 1.54) is 0 Å². The molecule has 1 amide bonds. The second-order valence-corrected chi connectivity index (χ2v) is 5.91. The van der Waals surface area contributed by atoms with Crippen LogP contribution in [0, 0.1) is 0 Å². The molecule has 2 aromatic carbocycles. The van der Waals surface area contributed by atoms with Crippen LogP contribution in [0.1, 0.15) is 18.9 Å². The molecule has 1 aromatic heterocycles. The van der Waals surface area contributed by atoms with Gasteiger partial charge in [0.05, 0.1) is 7.11 Å². The van der Waals surface area contributed by atoms with Gasteiger partial charge in [-0.15, -0.1) is 0 Å². The van der Waals surface area contributed by atoms with Crippen LogP contribution in [-0.2, 0) is 11.3 Å². The number of anilines is 1. The molecule has 0 aliphatic rings. The van der Waals surface area contributed by atoms with Gasteiger partial charge < -0.3 is 20.4 Å². The lowest BCUT2D eigenvalue weighted by Crippen LogP contribution is -2.38. The molecule has 1 unspecified atom stereocenters. The molecular formula is C20H23N3O2. The Hall–Kier alpha value is -2.95. The summed E-state index contributed by atoms with van der Waals surface area (Å²) in [5.41, 5.74) is 3.05. The fourth-order valence-electron chi connectivity index (χ4n) is 2.88. The Morgan fingerprint density at radius 2 is 2.04 bits per heavy atom. The van der Waals surface area contributed by atoms with Crippen LogP contribution in [0.3, 0.4) is 0 Å². The number of aromatic nitrogens is 1. The maximum atomic E-state index is 12.6. The molecule has 25 heavy (non-hydrogen) atoms. The van der Waals surface area contributed by atoms with E-state index in [0.717, 1.165) is 27.9 Å². The summed E-state index contributed by atoms with van der Waals surface area (Å²) in [6, 6.07) is 15.4. The van der Waals surface area contributed by atoms with Gasteiger partial charge in [-0.1, -0.05) is 25.1 Å². The molecule has 0 spiro atoms. The molecule has 5 nitrogen and oxygen atoms in total. The minimum Gasteiger partial charge on any atom is -0.497 e. The van der Waals surface area contributed by atoms with Crippen LogP contribution >= 0.6 is 0 Å². The number of carbonyl (C=O) groups is 1. The minimum absolute atomic E-state index is 0.0159. The van der Waals surface area contributed by atoms with Gasteiger partial charge in [0.25, 0.3) is 0 Å². The highest BCUT2D eigenvalue weighted by Crippen LogP contribution is 2.19. The van der Waals surface area contributed by atoms with E-state index >= 15 is 0 Å². The van der Waals surface area contributed by atoms with Crippen LogP contribution in [0.2, 0.25) is 0 Å². The first-order valence-corrected chi connectivity index (χ1v) is 8.44. The zero-order valence-corrected chi connectivity index (χ0v) is 14.5. The fourth-order valence-corrected chi connectivity index (χ4v) is 2.88. The summed E-state index contributed by atoms with van der Waals surface area (Å²) < 4.78 is 5.23. The van der Waals surface area contributed by atoms with E-state index in [0.29, 0.717) is 13.0 Å². The molecule has 0 saturated heterocycles. The van der Waals surface area contributed by atoms with E-state index in [4.69, 9.17) is 4.74 Å². The third kappa shape index (κ3) is 3.94. The smallest absolute Gasteiger partial charge is 0.242 e. The Balaban J connectivity index is 1.65. The van der Waals surface area contributed by atoms with Crippen LogP contribution in [0.4, 0.5) is 5.69 Å². The van der Waals surface area contributed by atoms with Crippen molar-refractivity contribution in [1.29, 1.82) is 0 Å². The second-order valence-electron chi connectivity index (χ2n) is 5.91. The van der Waals surface area contributed by atoms with Crippen molar-refractivity contribution >= 4 is 22.5 Å². The van der Waals surface area contributed by atoms with Gasteiger partial charge in [-0.25, -0.2) is 0 Å². The van der Waals surface area contributed by atoms with Crippen LogP contribution in [0.15, 0.2) is 54.7 Å². The third-order valence-electron chi connectivity index (χ3n) is 4.27. The number of fused-ring (bicyclic) bond motifs is 1. The quantitative estimate of drug-likeness (QED) is 0.616. The SMILES string of the molecule is CCC(Nc1cccc(OC)c1)C(=O)NCc1cccc2[nH]ccc12. The van der Waals surface area contributed by atoms with Crippen molar-refractivity contribution in [3.05, 3.63) is 60.3 Å². The number of ether oxygens (including phenoxy) is 1. The molecule has 1 atom stereocenters. The maximum Gasteiger partial charge on any atom is 0.242 e. The highest BCUT2D eigenvalue weighted by atomic mass is 16.5. The minimum atomic E-state index is -0.294. The third-order valence-corrected chi connectivity index (χ3v) is 4.27. The maximum absolute atomic E-state index is 12.6. The number of carbonyl (C=O) groups excluding carboxylic acids is 1. The molecule has 0 saturated carbocycles. The van der Waals surface area contributed by atoms with Crippen molar-refractivity contribution in [2.75, 3.05) is 12.4 Å². The van der Waals surface area contributed by atoms with Gasteiger partial charge in [0, 0.05) is 35.4 Å². The molecule has 0 bridgehead atoms. The number of benzene rings is 2. The van der Waals surface area contributed by atoms with Crippen molar-refractivity contribution in [2.24, 2.45) is 0 Å². The Morgan fingerprint density at radius 1 is 1.20 bits per heavy atom. The molecule has 130 valence electrons. The monoisotopic (exact) mass is 337 g/mol. The van der Waals surface area contributed by atoms with Crippen molar-refractivity contribution in [3.8, 4) is 5.75 Å². The number of nitrogens with one attached hydrogen (secondary N) is 3. The number of amides is 1. The van der Waals surface area contributed by atoms with E-state index in [-0.39, 0.29) is 11.9 Å². The molecule has 3 N–H and O–H groups in total. The summed E-state index contributed by atoms with van der Waals surface area (Å²) in [5.74, 6) is 0.747. The molecule has 0 fully saturated rings. The lowest BCUT2D eigenvalue weighted by atomic mass is 10.1. The number of methoxy groups -OCH3 is 1. The summed E-state index contributed by atoms with van der Waals surface area (Å²) in [6.07, 6.45) is 2.60. The van der Waals surface area contributed by atoms with Crippen molar-refractivity contribution in [2.45, 2.75) is 25.9 Å². The largest absolute Gasteiger partial charge is 0.497 e. The Kier molecular flexibility index (Phi) is 5.23. The van der Waals surface area contributed by atoms with Crippen molar-refractivity contribution < 1.29 is 9.53 Å². The topological polar surface area (TPSA) is 66.2 Å². The van der Waals surface area contributed by atoms with Gasteiger partial charge in [0.15, 0.2) is 0 Å². The molecule has 3 rings (SSSR count). The predicted molar refractivity (Wildman–Crippen MR) is 101 cm³/mol. The van der Waals surface area contributed by atoms with E-state index in [9.17, 15) is 4.79 Å². The van der Waals surface area contributed by atoms with E-state index in [1.54, 1.807) is 7.11 Å². The average molecular weight is 337 g/mol. The number of H-pyrrole nitrogens is 1. The van der Waals surface area contributed by atoms with E-state index in [1.807, 2.05) is 61.7 Å². The molecule has 0 radical (unpaired) electrons. The van der Waals surface area contributed by atoms with Crippen molar-refractivity contribution in [1.82, 2.24) is 10.3 Å². The van der Waals surface area contributed by atoms with Crippen LogP contribution in [0.25, 0.3) is 10.9 Å². The highest BCUT2D eigenvalue weighted by Gasteiger charge is 2.16. The Bertz CT molecular complexity index is 857. The van der Waals surface area contributed by atoms with Crippen molar-refractivity contribution in [3.63, 3.8) is 0 Å². The summed E-state index contributed by atoms with van der Waals surface area (Å²) in [7, 11) is 1.63. The van der Waals surface area contributed by atoms with Gasteiger partial charge in [0.2, 0.25) is 5.91 Å². The van der Waals surface area contributed by atoms with Crippen LogP contribution < -0.4 is 15.4 Å². The first-order chi connectivity index (χ1) is 12.2. The van der Waals surface area contributed by atoms with Crippen LogP contribution in [0.5, 0.6) is 5.75 Å². The molecule has 1 heterocycles. The normalized spacial score (nSPS) is 11.9. The molecule has 5 heteroatoms. The molecular weight excluding hydrogens is 314 g/mol. The molecule has 3 aromatic rings. The van der Waals surface area contributed by atoms with E-state index < -0.39 is 0 Å². The lowest BCUT2D eigenvalue weighted by molar-refractivity contribution is -0.122. The molecule has 0 aliphatic carbocycles. The number of aromatic amines is 1. The highest BCUT2D eigenvalue weighted by molar-refractivity contribution is 5.86. The first kappa shape index (κ1) is 16.9. The van der Waals surface area contributed by atoms with Gasteiger partial charge in [-0.05, 0) is 36.2 Å². The second kappa shape index (κ2) is 7.75. The zero-order chi connectivity index (χ0) is 17.6. The predicted octanol–water partition coefficient (Wildman–Crippen LogP) is 3.68. The first-order valence-electron chi connectivity index (χ1n) is 8.44. The number of rotatable bonds is 7. The van der Waals surface area contributed by atoms with Crippen LogP contribution in [-0.4, -0.2) is 24.0 Å². The average Bonchev–Trinajstić information content (AvgIpc) is 3.13. The van der Waals surface area contributed by atoms with Gasteiger partial charge in [0.1, 0.15) is 11.8 Å². The number of hydrogen-bond acceptors (Lipinski definition) is 3. The Morgan fingerprint density at radius 3 is 2.84 bits per heavy atom. The summed E-state index contributed by atoms with van der Waals surface area (Å²) >= 11 is 0. The molecule has 0 aliphatic heterocycles. The van der Waals surface area contributed by atoms with Gasteiger partial charge >= 0.3 is 0 Å². The Labute approximate surface area is 147 Å².